The number of carbonyl (C=O) groups excluding carboxylic acids is 5. The monoisotopic (exact) mass is 567 g/mol. The van der Waals surface area contributed by atoms with Crippen LogP contribution in [0.2, 0.25) is 0 Å². The molecular formula is C31H45N5O5. The molecule has 0 saturated carbocycles. The van der Waals surface area contributed by atoms with Crippen molar-refractivity contribution in [3.63, 3.8) is 0 Å². The molecule has 3 atom stereocenters. The number of urea groups is 1. The van der Waals surface area contributed by atoms with E-state index >= 15 is 0 Å². The summed E-state index contributed by atoms with van der Waals surface area (Å²) < 4.78 is 0. The van der Waals surface area contributed by atoms with Crippen LogP contribution in [0.5, 0.6) is 0 Å². The smallest absolute Gasteiger partial charge is 0.318 e. The molecule has 0 aromatic heterocycles. The van der Waals surface area contributed by atoms with E-state index in [4.69, 9.17) is 0 Å². The summed E-state index contributed by atoms with van der Waals surface area (Å²) in [5, 5.41) is 8.20. The number of Topliss-reactive ketones (excluding diaryl/α,β-unsaturated/α-hetero) is 1. The summed E-state index contributed by atoms with van der Waals surface area (Å²) in [7, 11) is 1.70. The molecule has 1 aromatic rings. The first-order valence-electron chi connectivity index (χ1n) is 14.5. The van der Waals surface area contributed by atoms with Gasteiger partial charge in [0.25, 0.3) is 5.91 Å². The topological polar surface area (TPSA) is 128 Å². The number of ketones is 1. The van der Waals surface area contributed by atoms with Crippen molar-refractivity contribution >= 4 is 29.5 Å². The Kier molecular flexibility index (Phi) is 10.7. The Morgan fingerprint density at radius 2 is 1.73 bits per heavy atom. The van der Waals surface area contributed by atoms with Crippen LogP contribution in [-0.2, 0) is 32.0 Å². The van der Waals surface area contributed by atoms with E-state index < -0.39 is 41.3 Å². The molecule has 3 N–H and O–H groups in total. The van der Waals surface area contributed by atoms with E-state index in [2.05, 4.69) is 22.5 Å². The summed E-state index contributed by atoms with van der Waals surface area (Å²) in [4.78, 5) is 69.1. The number of amides is 5. The number of nitrogens with one attached hydrogen (secondary N) is 3. The molecule has 1 aliphatic heterocycles. The van der Waals surface area contributed by atoms with Gasteiger partial charge in [-0.05, 0) is 69.9 Å². The van der Waals surface area contributed by atoms with Gasteiger partial charge in [0.05, 0.1) is 6.04 Å². The molecule has 1 heterocycles. The van der Waals surface area contributed by atoms with Crippen LogP contribution >= 0.6 is 0 Å². The number of carbonyl (C=O) groups is 5. The molecule has 2 aliphatic rings. The fourth-order valence-electron chi connectivity index (χ4n) is 5.46. The summed E-state index contributed by atoms with van der Waals surface area (Å²) in [6.45, 7) is 11.7. The Morgan fingerprint density at radius 3 is 2.29 bits per heavy atom. The molecular weight excluding hydrogens is 522 g/mol. The quantitative estimate of drug-likeness (QED) is 0.279. The van der Waals surface area contributed by atoms with Gasteiger partial charge in [0.1, 0.15) is 12.1 Å². The predicted octanol–water partition coefficient (Wildman–Crippen LogP) is 2.36. The Bertz CT molecular complexity index is 1130. The zero-order valence-corrected chi connectivity index (χ0v) is 25.0. The molecule has 0 bridgehead atoms. The third-order valence-corrected chi connectivity index (χ3v) is 8.09. The maximum Gasteiger partial charge on any atom is 0.318 e. The van der Waals surface area contributed by atoms with Crippen molar-refractivity contribution in [2.75, 3.05) is 20.1 Å². The van der Waals surface area contributed by atoms with Gasteiger partial charge in [-0.15, -0.1) is 6.58 Å². The Morgan fingerprint density at radius 1 is 1.10 bits per heavy atom. The molecule has 10 heteroatoms. The Labute approximate surface area is 243 Å². The first-order chi connectivity index (χ1) is 19.4. The third-order valence-electron chi connectivity index (χ3n) is 8.09. The molecule has 1 saturated heterocycles. The van der Waals surface area contributed by atoms with Gasteiger partial charge in [0.2, 0.25) is 17.6 Å². The van der Waals surface area contributed by atoms with Crippen LogP contribution in [0.3, 0.4) is 0 Å². The van der Waals surface area contributed by atoms with E-state index in [1.165, 1.54) is 11.0 Å². The van der Waals surface area contributed by atoms with Crippen LogP contribution in [0, 0.1) is 5.92 Å². The van der Waals surface area contributed by atoms with E-state index in [9.17, 15) is 24.0 Å². The van der Waals surface area contributed by atoms with Crippen LogP contribution in [0.4, 0.5) is 4.79 Å². The molecule has 1 fully saturated rings. The number of hydrogen-bond acceptors (Lipinski definition) is 5. The number of fused-ring (bicyclic) bond motifs is 1. The highest BCUT2D eigenvalue weighted by atomic mass is 16.2. The highest BCUT2D eigenvalue weighted by molar-refractivity contribution is 6.38. The molecule has 0 spiro atoms. The molecule has 1 unspecified atom stereocenters. The maximum absolute atomic E-state index is 14.2. The van der Waals surface area contributed by atoms with Crippen LogP contribution in [0.1, 0.15) is 64.5 Å². The van der Waals surface area contributed by atoms with Crippen molar-refractivity contribution < 1.29 is 24.0 Å². The van der Waals surface area contributed by atoms with Crippen LogP contribution < -0.4 is 16.0 Å². The summed E-state index contributed by atoms with van der Waals surface area (Å²) in [6.07, 6.45) is 4.68. The van der Waals surface area contributed by atoms with Crippen molar-refractivity contribution in [3.8, 4) is 0 Å². The average Bonchev–Trinajstić information content (AvgIpc) is 3.60. The number of benzene rings is 1. The van der Waals surface area contributed by atoms with E-state index in [0.29, 0.717) is 45.1 Å². The van der Waals surface area contributed by atoms with Gasteiger partial charge >= 0.3 is 6.03 Å². The predicted molar refractivity (Wildman–Crippen MR) is 157 cm³/mol. The number of likely N-dealkylation sites (tertiary alicyclic amines) is 1. The standard InChI is InChI=1S/C31H45N5O5/c1-7-12-23(26(37)28(39)32-16-8-2)33-27(38)24-15-11-17-36(24)29(40)25(34-30(41)35(6)31(3,4)5)22-18-20-13-9-10-14-21(20)19-22/h8-10,13-14,22-25H,2,7,11-12,15-19H2,1,3-6H3,(H,32,39)(H,33,38)(H,34,41)/t23?,24-,25-/m0/s1. The zero-order valence-electron chi connectivity index (χ0n) is 25.0. The van der Waals surface area contributed by atoms with Gasteiger partial charge in [-0.1, -0.05) is 43.7 Å². The molecule has 3 rings (SSSR count). The molecule has 0 radical (unpaired) electrons. The lowest BCUT2D eigenvalue weighted by atomic mass is 9.94. The van der Waals surface area contributed by atoms with E-state index in [0.717, 1.165) is 11.1 Å². The lowest BCUT2D eigenvalue weighted by molar-refractivity contribution is -0.143. The van der Waals surface area contributed by atoms with E-state index in [1.807, 2.05) is 52.0 Å². The van der Waals surface area contributed by atoms with E-state index in [-0.39, 0.29) is 24.4 Å². The molecule has 10 nitrogen and oxygen atoms in total. The van der Waals surface area contributed by atoms with Crippen LogP contribution in [0.25, 0.3) is 0 Å². The Hall–Kier alpha value is -3.69. The normalized spacial score (nSPS) is 18.2. The van der Waals surface area contributed by atoms with Crippen molar-refractivity contribution in [1.29, 1.82) is 0 Å². The second-order valence-corrected chi connectivity index (χ2v) is 12.0. The van der Waals surface area contributed by atoms with Crippen molar-refractivity contribution in [3.05, 3.63) is 48.0 Å². The number of nitrogens with zero attached hydrogens (tertiary/aromatic N) is 2. The van der Waals surface area contributed by atoms with Crippen molar-refractivity contribution in [1.82, 2.24) is 25.8 Å². The zero-order chi connectivity index (χ0) is 30.3. The highest BCUT2D eigenvalue weighted by Crippen LogP contribution is 2.31. The lowest BCUT2D eigenvalue weighted by Gasteiger charge is -2.36. The number of hydrogen-bond donors (Lipinski definition) is 3. The van der Waals surface area contributed by atoms with Crippen LogP contribution in [0.15, 0.2) is 36.9 Å². The molecule has 1 aromatic carbocycles. The van der Waals surface area contributed by atoms with Crippen LogP contribution in [-0.4, -0.2) is 83.1 Å². The largest absolute Gasteiger partial charge is 0.346 e. The molecule has 224 valence electrons. The summed E-state index contributed by atoms with van der Waals surface area (Å²) in [6, 6.07) is 5.05. The summed E-state index contributed by atoms with van der Waals surface area (Å²) in [5.41, 5.74) is 1.85. The van der Waals surface area contributed by atoms with Gasteiger partial charge in [0, 0.05) is 25.7 Å². The fourth-order valence-corrected chi connectivity index (χ4v) is 5.46. The van der Waals surface area contributed by atoms with Crippen molar-refractivity contribution in [2.45, 2.75) is 89.9 Å². The lowest BCUT2D eigenvalue weighted by Crippen LogP contribution is -2.60. The molecule has 1 aliphatic carbocycles. The summed E-state index contributed by atoms with van der Waals surface area (Å²) in [5.74, 6) is -2.44. The van der Waals surface area contributed by atoms with Gasteiger partial charge in [0.15, 0.2) is 0 Å². The SMILES string of the molecule is C=CCNC(=O)C(=O)C(CCC)NC(=O)[C@@H]1CCCN1C(=O)[C@@H](NC(=O)N(C)C(C)(C)C)C1Cc2ccccc2C1. The first-order valence-corrected chi connectivity index (χ1v) is 14.5. The maximum atomic E-state index is 14.2. The number of rotatable bonds is 11. The summed E-state index contributed by atoms with van der Waals surface area (Å²) >= 11 is 0. The van der Waals surface area contributed by atoms with Gasteiger partial charge in [-0.3, -0.25) is 19.2 Å². The molecule has 5 amide bonds. The molecule has 41 heavy (non-hydrogen) atoms. The highest BCUT2D eigenvalue weighted by Gasteiger charge is 2.43. The van der Waals surface area contributed by atoms with Crippen molar-refractivity contribution in [2.24, 2.45) is 5.92 Å². The van der Waals surface area contributed by atoms with Gasteiger partial charge in [-0.25, -0.2) is 4.79 Å². The minimum Gasteiger partial charge on any atom is -0.346 e. The minimum atomic E-state index is -0.991. The third kappa shape index (κ3) is 7.74. The average molecular weight is 568 g/mol. The second-order valence-electron chi connectivity index (χ2n) is 12.0. The Balaban J connectivity index is 1.81. The second kappa shape index (κ2) is 13.8. The van der Waals surface area contributed by atoms with Gasteiger partial charge in [-0.2, -0.15) is 0 Å². The van der Waals surface area contributed by atoms with E-state index in [1.54, 1.807) is 11.9 Å². The van der Waals surface area contributed by atoms with Gasteiger partial charge < -0.3 is 25.8 Å². The minimum absolute atomic E-state index is 0.144. The first kappa shape index (κ1) is 31.8. The fraction of sp³-hybridized carbons (Fsp3) is 0.581.